The lowest BCUT2D eigenvalue weighted by Crippen LogP contribution is -2.22. The van der Waals surface area contributed by atoms with Crippen molar-refractivity contribution in [1.29, 1.82) is 0 Å². The minimum Gasteiger partial charge on any atom is -0.508 e. The third kappa shape index (κ3) is 1.39. The normalized spacial score (nSPS) is 19.6. The molecule has 3 N–H and O–H groups in total. The number of carboxylic acids is 1. The number of aromatic hydroxyl groups is 1. The molecule has 74 valence electrons. The van der Waals surface area contributed by atoms with Gasteiger partial charge in [0.25, 0.3) is 0 Å². The van der Waals surface area contributed by atoms with Crippen LogP contribution in [0.25, 0.3) is 0 Å². The summed E-state index contributed by atoms with van der Waals surface area (Å²) in [6.45, 7) is 0.632. The highest BCUT2D eigenvalue weighted by Crippen LogP contribution is 2.33. The largest absolute Gasteiger partial charge is 0.508 e. The molecule has 4 nitrogen and oxygen atoms in total. The first kappa shape index (κ1) is 8.87. The van der Waals surface area contributed by atoms with Crippen LogP contribution in [0, 0.1) is 0 Å². The van der Waals surface area contributed by atoms with E-state index in [9.17, 15) is 9.90 Å². The Bertz CT molecular complexity index is 376. The van der Waals surface area contributed by atoms with Gasteiger partial charge < -0.3 is 15.5 Å². The molecule has 1 aromatic rings. The molecule has 0 saturated carbocycles. The van der Waals surface area contributed by atoms with E-state index >= 15 is 0 Å². The van der Waals surface area contributed by atoms with Gasteiger partial charge in [-0.2, -0.15) is 0 Å². The summed E-state index contributed by atoms with van der Waals surface area (Å²) in [6, 6.07) is 4.74. The molecule has 1 aliphatic rings. The average molecular weight is 193 g/mol. The second-order valence-electron chi connectivity index (χ2n) is 3.38. The minimum atomic E-state index is -0.807. The first-order valence-corrected chi connectivity index (χ1v) is 4.48. The number of carbonyl (C=O) groups is 1. The van der Waals surface area contributed by atoms with Gasteiger partial charge in [-0.1, -0.05) is 6.07 Å². The van der Waals surface area contributed by atoms with E-state index in [1.165, 1.54) is 6.07 Å². The molecular weight excluding hydrogens is 182 g/mol. The number of hydrogen-bond acceptors (Lipinski definition) is 3. The Balaban J connectivity index is 2.44. The van der Waals surface area contributed by atoms with Crippen molar-refractivity contribution in [2.45, 2.75) is 12.3 Å². The Morgan fingerprint density at radius 3 is 3.00 bits per heavy atom. The van der Waals surface area contributed by atoms with Gasteiger partial charge >= 0.3 is 5.97 Å². The van der Waals surface area contributed by atoms with Crippen molar-refractivity contribution >= 4 is 11.7 Å². The molecule has 2 rings (SSSR count). The number of nitrogens with one attached hydrogen (secondary N) is 1. The number of rotatable bonds is 1. The molecule has 1 aromatic carbocycles. The molecular formula is C10H11NO3. The maximum atomic E-state index is 10.9. The minimum absolute atomic E-state index is 0.155. The van der Waals surface area contributed by atoms with Gasteiger partial charge in [-0.25, -0.2) is 0 Å². The molecule has 0 bridgehead atoms. The third-order valence-electron chi connectivity index (χ3n) is 2.46. The van der Waals surface area contributed by atoms with Crippen LogP contribution >= 0.6 is 0 Å². The van der Waals surface area contributed by atoms with Crippen molar-refractivity contribution in [1.82, 2.24) is 0 Å². The van der Waals surface area contributed by atoms with E-state index in [1.807, 2.05) is 0 Å². The molecule has 0 fully saturated rings. The van der Waals surface area contributed by atoms with Crippen LogP contribution in [0.4, 0.5) is 5.69 Å². The van der Waals surface area contributed by atoms with E-state index in [0.29, 0.717) is 13.0 Å². The van der Waals surface area contributed by atoms with Gasteiger partial charge in [-0.05, 0) is 18.1 Å². The van der Waals surface area contributed by atoms with Crippen molar-refractivity contribution in [2.24, 2.45) is 0 Å². The molecule has 1 unspecified atom stereocenters. The van der Waals surface area contributed by atoms with E-state index in [-0.39, 0.29) is 5.75 Å². The first-order valence-electron chi connectivity index (χ1n) is 4.48. The van der Waals surface area contributed by atoms with Gasteiger partial charge in [-0.3, -0.25) is 4.79 Å². The van der Waals surface area contributed by atoms with Crippen LogP contribution in [-0.4, -0.2) is 22.7 Å². The summed E-state index contributed by atoms with van der Waals surface area (Å²) < 4.78 is 0. The lowest BCUT2D eigenvalue weighted by Gasteiger charge is -2.23. The Hall–Kier alpha value is -1.71. The van der Waals surface area contributed by atoms with Gasteiger partial charge in [0.1, 0.15) is 5.75 Å². The molecule has 1 atom stereocenters. The maximum absolute atomic E-state index is 10.9. The monoisotopic (exact) mass is 193 g/mol. The van der Waals surface area contributed by atoms with Gasteiger partial charge in [0.05, 0.1) is 5.92 Å². The summed E-state index contributed by atoms with van der Waals surface area (Å²) in [7, 11) is 0. The number of hydrogen-bond donors (Lipinski definition) is 3. The lowest BCUT2D eigenvalue weighted by atomic mass is 9.91. The predicted octanol–water partition coefficient (Wildman–Crippen LogP) is 1.38. The molecule has 4 heteroatoms. The zero-order valence-corrected chi connectivity index (χ0v) is 7.53. The van der Waals surface area contributed by atoms with Gasteiger partial charge in [0.2, 0.25) is 0 Å². The van der Waals surface area contributed by atoms with Crippen molar-refractivity contribution in [2.75, 3.05) is 11.9 Å². The number of phenols is 1. The van der Waals surface area contributed by atoms with Crippen LogP contribution in [0.3, 0.4) is 0 Å². The van der Waals surface area contributed by atoms with Crippen LogP contribution in [0.2, 0.25) is 0 Å². The summed E-state index contributed by atoms with van der Waals surface area (Å²) in [5.74, 6) is -1.10. The molecule has 1 heterocycles. The van der Waals surface area contributed by atoms with E-state index in [2.05, 4.69) is 5.32 Å². The first-order chi connectivity index (χ1) is 6.68. The number of benzene rings is 1. The summed E-state index contributed by atoms with van der Waals surface area (Å²) >= 11 is 0. The molecule has 0 aliphatic carbocycles. The molecule has 0 saturated heterocycles. The predicted molar refractivity (Wildman–Crippen MR) is 51.6 cm³/mol. The molecule has 14 heavy (non-hydrogen) atoms. The highest BCUT2D eigenvalue weighted by Gasteiger charge is 2.25. The van der Waals surface area contributed by atoms with Crippen molar-refractivity contribution in [3.8, 4) is 5.75 Å². The van der Waals surface area contributed by atoms with Crippen molar-refractivity contribution in [3.05, 3.63) is 23.8 Å². The smallest absolute Gasteiger partial charge is 0.311 e. The fourth-order valence-electron chi connectivity index (χ4n) is 1.76. The summed E-state index contributed by atoms with van der Waals surface area (Å²) in [4.78, 5) is 10.9. The number of anilines is 1. The van der Waals surface area contributed by atoms with Crippen LogP contribution in [0.1, 0.15) is 17.9 Å². The van der Waals surface area contributed by atoms with Crippen LogP contribution in [0.5, 0.6) is 5.75 Å². The number of carboxylic acid groups (broad SMARTS) is 1. The third-order valence-corrected chi connectivity index (χ3v) is 2.46. The maximum Gasteiger partial charge on any atom is 0.311 e. The average Bonchev–Trinajstić information content (AvgIpc) is 2.16. The van der Waals surface area contributed by atoms with E-state index in [1.54, 1.807) is 12.1 Å². The fraction of sp³-hybridized carbons (Fsp3) is 0.300. The highest BCUT2D eigenvalue weighted by atomic mass is 16.4. The fourth-order valence-corrected chi connectivity index (χ4v) is 1.76. The van der Waals surface area contributed by atoms with E-state index in [4.69, 9.17) is 5.11 Å². The standard InChI is InChI=1S/C10H11NO3/c12-6-1-2-7-8(10(13)14)3-4-11-9(7)5-6/h1-2,5,8,11-12H,3-4H2,(H,13,14). The molecule has 0 radical (unpaired) electrons. The quantitative estimate of drug-likeness (QED) is 0.630. The summed E-state index contributed by atoms with van der Waals surface area (Å²) in [5, 5.41) is 21.3. The van der Waals surface area contributed by atoms with Gasteiger partial charge in [0.15, 0.2) is 0 Å². The zero-order chi connectivity index (χ0) is 10.1. The molecule has 0 amide bonds. The van der Waals surface area contributed by atoms with Crippen LogP contribution in [0.15, 0.2) is 18.2 Å². The van der Waals surface area contributed by atoms with Crippen LogP contribution in [-0.2, 0) is 4.79 Å². The molecule has 0 aromatic heterocycles. The zero-order valence-electron chi connectivity index (χ0n) is 7.53. The van der Waals surface area contributed by atoms with Crippen molar-refractivity contribution in [3.63, 3.8) is 0 Å². The van der Waals surface area contributed by atoms with Gasteiger partial charge in [-0.15, -0.1) is 0 Å². The Labute approximate surface area is 81.2 Å². The lowest BCUT2D eigenvalue weighted by molar-refractivity contribution is -0.138. The van der Waals surface area contributed by atoms with E-state index in [0.717, 1.165) is 11.3 Å². The van der Waals surface area contributed by atoms with Crippen molar-refractivity contribution < 1.29 is 15.0 Å². The summed E-state index contributed by atoms with van der Waals surface area (Å²) in [6.07, 6.45) is 0.590. The van der Waals surface area contributed by atoms with Gasteiger partial charge in [0, 0.05) is 18.3 Å². The second-order valence-corrected chi connectivity index (χ2v) is 3.38. The Morgan fingerprint density at radius 2 is 2.29 bits per heavy atom. The molecule has 0 spiro atoms. The highest BCUT2D eigenvalue weighted by molar-refractivity contribution is 5.80. The Kier molecular flexibility index (Phi) is 2.04. The molecule has 1 aliphatic heterocycles. The van der Waals surface area contributed by atoms with E-state index < -0.39 is 11.9 Å². The van der Waals surface area contributed by atoms with Crippen LogP contribution < -0.4 is 5.32 Å². The Morgan fingerprint density at radius 1 is 1.50 bits per heavy atom. The topological polar surface area (TPSA) is 69.6 Å². The summed E-state index contributed by atoms with van der Waals surface area (Å²) in [5.41, 5.74) is 1.48. The SMILES string of the molecule is O=C(O)C1CCNc2cc(O)ccc21. The number of fused-ring (bicyclic) bond motifs is 1. The second kappa shape index (κ2) is 3.21. The number of phenolic OH excluding ortho intramolecular Hbond substituents is 1. The number of aliphatic carboxylic acids is 1.